The van der Waals surface area contributed by atoms with E-state index in [1.54, 1.807) is 23.0 Å². The van der Waals surface area contributed by atoms with Crippen LogP contribution in [-0.4, -0.2) is 39.4 Å². The normalized spacial score (nSPS) is 17.7. The summed E-state index contributed by atoms with van der Waals surface area (Å²) in [6, 6.07) is 9.68. The van der Waals surface area contributed by atoms with E-state index in [9.17, 15) is 9.59 Å². The summed E-state index contributed by atoms with van der Waals surface area (Å²) in [6.45, 7) is 3.79. The zero-order valence-electron chi connectivity index (χ0n) is 17.6. The molecule has 3 aromatic rings. The molecule has 1 aromatic carbocycles. The first-order valence-electron chi connectivity index (χ1n) is 10.7. The van der Waals surface area contributed by atoms with Crippen LogP contribution in [0, 0.1) is 0 Å². The molecule has 0 radical (unpaired) electrons. The third kappa shape index (κ3) is 3.74. The van der Waals surface area contributed by atoms with Crippen LogP contribution < -0.4 is 15.9 Å². The summed E-state index contributed by atoms with van der Waals surface area (Å²) in [5.74, 6) is 1.55. The van der Waals surface area contributed by atoms with E-state index < -0.39 is 11.1 Å². The van der Waals surface area contributed by atoms with Gasteiger partial charge < -0.3 is 4.74 Å². The molecule has 31 heavy (non-hydrogen) atoms. The number of likely N-dealkylation sites (tertiary alicyclic amines) is 1. The summed E-state index contributed by atoms with van der Waals surface area (Å²) in [7, 11) is 1.62. The Bertz CT molecular complexity index is 1170. The van der Waals surface area contributed by atoms with Crippen molar-refractivity contribution in [2.24, 2.45) is 0 Å². The number of methoxy groups -OCH3 is 1. The van der Waals surface area contributed by atoms with Gasteiger partial charge in [-0.3, -0.25) is 19.1 Å². The van der Waals surface area contributed by atoms with Gasteiger partial charge in [-0.25, -0.2) is 4.68 Å². The molecule has 2 aliphatic heterocycles. The molecule has 4 heterocycles. The number of nitrogens with zero attached hydrogens (tertiary/aromatic N) is 4. The molecule has 1 saturated heterocycles. The highest BCUT2D eigenvalue weighted by atomic mass is 32.1. The number of hydrogen-bond donors (Lipinski definition) is 0. The second-order valence-corrected chi connectivity index (χ2v) is 9.31. The zero-order chi connectivity index (χ0) is 21.4. The van der Waals surface area contributed by atoms with E-state index in [-0.39, 0.29) is 12.0 Å². The van der Waals surface area contributed by atoms with Crippen LogP contribution in [0.1, 0.15) is 36.2 Å². The van der Waals surface area contributed by atoms with E-state index in [1.807, 2.05) is 24.3 Å². The van der Waals surface area contributed by atoms with Gasteiger partial charge in [0, 0.05) is 18.5 Å². The van der Waals surface area contributed by atoms with E-state index in [2.05, 4.69) is 21.7 Å². The number of piperidine rings is 1. The second kappa shape index (κ2) is 8.09. The summed E-state index contributed by atoms with van der Waals surface area (Å²) in [6.07, 6.45) is 2.81. The highest BCUT2D eigenvalue weighted by molar-refractivity contribution is 7.07. The maximum absolute atomic E-state index is 12.8. The highest BCUT2D eigenvalue weighted by Gasteiger charge is 2.44. The highest BCUT2D eigenvalue weighted by Crippen LogP contribution is 2.41. The standard InChI is InChI=1S/C23H26N4O3S/c1-30-19-4-2-17(3-5-19)15-27-21(29)20(28)26-12-9-23(22(26)24-27)7-10-25(11-8-23)14-18-6-13-31-16-18/h2-6,13,16H,7-12,14-15H2,1H3. The van der Waals surface area contributed by atoms with Crippen LogP contribution in [0.25, 0.3) is 0 Å². The second-order valence-electron chi connectivity index (χ2n) is 8.53. The molecule has 0 N–H and O–H groups in total. The van der Waals surface area contributed by atoms with Gasteiger partial charge in [-0.05, 0) is 72.4 Å². The third-order valence-corrected chi connectivity index (χ3v) is 7.44. The summed E-state index contributed by atoms with van der Waals surface area (Å²) in [4.78, 5) is 28.0. The lowest BCUT2D eigenvalue weighted by Gasteiger charge is -2.38. The van der Waals surface area contributed by atoms with E-state index in [4.69, 9.17) is 9.84 Å². The van der Waals surface area contributed by atoms with Crippen molar-refractivity contribution in [1.82, 2.24) is 19.2 Å². The van der Waals surface area contributed by atoms with Crippen LogP contribution in [0.5, 0.6) is 5.75 Å². The first-order valence-corrected chi connectivity index (χ1v) is 11.6. The maximum atomic E-state index is 12.8. The van der Waals surface area contributed by atoms with Crippen LogP contribution in [0.4, 0.5) is 0 Å². The Morgan fingerprint density at radius 3 is 2.39 bits per heavy atom. The molecule has 5 rings (SSSR count). The van der Waals surface area contributed by atoms with Crippen LogP contribution >= 0.6 is 11.3 Å². The molecule has 2 aromatic heterocycles. The van der Waals surface area contributed by atoms with Crippen LogP contribution in [0.2, 0.25) is 0 Å². The van der Waals surface area contributed by atoms with Gasteiger partial charge in [0.2, 0.25) is 0 Å². The average molecular weight is 439 g/mol. The molecule has 8 heteroatoms. The minimum absolute atomic E-state index is 0.111. The lowest BCUT2D eigenvalue weighted by molar-refractivity contribution is 0.148. The van der Waals surface area contributed by atoms with Gasteiger partial charge in [-0.1, -0.05) is 12.1 Å². The van der Waals surface area contributed by atoms with Gasteiger partial charge in [0.05, 0.1) is 13.7 Å². The zero-order valence-corrected chi connectivity index (χ0v) is 18.4. The van der Waals surface area contributed by atoms with Gasteiger partial charge in [0.25, 0.3) is 0 Å². The van der Waals surface area contributed by atoms with Crippen molar-refractivity contribution in [3.05, 3.63) is 78.8 Å². The number of rotatable bonds is 5. The van der Waals surface area contributed by atoms with Crippen molar-refractivity contribution in [2.45, 2.75) is 44.3 Å². The molecule has 0 unspecified atom stereocenters. The summed E-state index contributed by atoms with van der Waals surface area (Å²) < 4.78 is 8.17. The molecule has 0 atom stereocenters. The monoisotopic (exact) mass is 438 g/mol. The lowest BCUT2D eigenvalue weighted by Crippen LogP contribution is -2.47. The topological polar surface area (TPSA) is 69.4 Å². The molecular formula is C23H26N4O3S. The fourth-order valence-electron chi connectivity index (χ4n) is 4.84. The largest absolute Gasteiger partial charge is 0.497 e. The van der Waals surface area contributed by atoms with E-state index in [0.29, 0.717) is 6.54 Å². The first-order chi connectivity index (χ1) is 15.1. The van der Waals surface area contributed by atoms with Crippen molar-refractivity contribution >= 4 is 11.3 Å². The number of thiophene rings is 1. The molecule has 0 saturated carbocycles. The van der Waals surface area contributed by atoms with Gasteiger partial charge in [0.1, 0.15) is 11.6 Å². The van der Waals surface area contributed by atoms with Crippen molar-refractivity contribution in [3.63, 3.8) is 0 Å². The van der Waals surface area contributed by atoms with Gasteiger partial charge in [-0.2, -0.15) is 16.4 Å². The molecule has 2 aliphatic rings. The van der Waals surface area contributed by atoms with Crippen LogP contribution in [0.15, 0.2) is 50.7 Å². The molecule has 0 bridgehead atoms. The van der Waals surface area contributed by atoms with E-state index in [1.165, 1.54) is 10.2 Å². The molecule has 0 amide bonds. The number of ether oxygens (including phenoxy) is 1. The van der Waals surface area contributed by atoms with Gasteiger partial charge in [0.15, 0.2) is 0 Å². The Morgan fingerprint density at radius 1 is 0.968 bits per heavy atom. The smallest absolute Gasteiger partial charge is 0.332 e. The minimum atomic E-state index is -0.550. The maximum Gasteiger partial charge on any atom is 0.332 e. The Labute approximate surface area is 184 Å². The summed E-state index contributed by atoms with van der Waals surface area (Å²) in [5, 5.41) is 9.07. The molecule has 162 valence electrons. The number of hydrogen-bond acceptors (Lipinski definition) is 6. The van der Waals surface area contributed by atoms with Crippen LogP contribution in [-0.2, 0) is 25.0 Å². The Kier molecular flexibility index (Phi) is 5.27. The van der Waals surface area contributed by atoms with E-state index in [0.717, 1.165) is 56.0 Å². The fraction of sp³-hybridized carbons (Fsp3) is 0.435. The quantitative estimate of drug-likeness (QED) is 0.573. The number of fused-ring (bicyclic) bond motifs is 2. The van der Waals surface area contributed by atoms with E-state index >= 15 is 0 Å². The third-order valence-electron chi connectivity index (χ3n) is 6.71. The molecule has 1 fully saturated rings. The fourth-order valence-corrected chi connectivity index (χ4v) is 5.50. The van der Waals surface area contributed by atoms with Crippen LogP contribution in [0.3, 0.4) is 0 Å². The van der Waals surface area contributed by atoms with Crippen molar-refractivity contribution < 1.29 is 4.74 Å². The Balaban J connectivity index is 1.40. The average Bonchev–Trinajstić information content (AvgIpc) is 3.43. The molecule has 7 nitrogen and oxygen atoms in total. The predicted molar refractivity (Wildman–Crippen MR) is 120 cm³/mol. The predicted octanol–water partition coefficient (Wildman–Crippen LogP) is 2.46. The first kappa shape index (κ1) is 20.2. The summed E-state index contributed by atoms with van der Waals surface area (Å²) >= 11 is 1.73. The lowest BCUT2D eigenvalue weighted by atomic mass is 9.76. The van der Waals surface area contributed by atoms with Crippen molar-refractivity contribution in [3.8, 4) is 5.75 Å². The Hall–Kier alpha value is -2.71. The van der Waals surface area contributed by atoms with Crippen molar-refractivity contribution in [1.29, 1.82) is 0 Å². The number of benzene rings is 1. The number of aromatic nitrogens is 3. The minimum Gasteiger partial charge on any atom is -0.497 e. The summed E-state index contributed by atoms with van der Waals surface area (Å²) in [5.41, 5.74) is 1.16. The molecular weight excluding hydrogens is 412 g/mol. The Morgan fingerprint density at radius 2 is 1.71 bits per heavy atom. The van der Waals surface area contributed by atoms with Crippen molar-refractivity contribution in [2.75, 3.05) is 20.2 Å². The SMILES string of the molecule is COc1ccc(Cn2nc3n(c(=O)c2=O)CCC32CCN(Cc3ccsc3)CC2)cc1. The molecule has 0 aliphatic carbocycles. The van der Waals surface area contributed by atoms with Gasteiger partial charge >= 0.3 is 11.1 Å². The van der Waals surface area contributed by atoms with Gasteiger partial charge in [-0.15, -0.1) is 0 Å². The molecule has 1 spiro atoms.